The van der Waals surface area contributed by atoms with E-state index in [1.165, 1.54) is 23.5 Å². The van der Waals surface area contributed by atoms with Crippen molar-refractivity contribution < 1.29 is 22.7 Å². The van der Waals surface area contributed by atoms with Gasteiger partial charge in [-0.15, -0.1) is 11.3 Å². The molecule has 1 aromatic heterocycles. The van der Waals surface area contributed by atoms with Crippen molar-refractivity contribution in [3.63, 3.8) is 0 Å². The summed E-state index contributed by atoms with van der Waals surface area (Å²) in [4.78, 5) is 23.8. The smallest absolute Gasteiger partial charge is 0.416 e. The van der Waals surface area contributed by atoms with Gasteiger partial charge in [0.2, 0.25) is 0 Å². The Bertz CT molecular complexity index is 1230. The average molecular weight is 531 g/mol. The fourth-order valence-corrected chi connectivity index (χ4v) is 5.94. The van der Waals surface area contributed by atoms with Gasteiger partial charge in [0.25, 0.3) is 5.91 Å². The van der Waals surface area contributed by atoms with E-state index in [0.29, 0.717) is 43.5 Å². The summed E-state index contributed by atoms with van der Waals surface area (Å²) < 4.78 is 44.5. The summed E-state index contributed by atoms with van der Waals surface area (Å²) in [5.74, 6) is 1.06. The molecule has 0 spiro atoms. The van der Waals surface area contributed by atoms with Gasteiger partial charge in [-0.2, -0.15) is 13.2 Å². The zero-order chi connectivity index (χ0) is 26.0. The summed E-state index contributed by atoms with van der Waals surface area (Å²) in [5.41, 5.74) is 1.48. The Morgan fingerprint density at radius 1 is 0.946 bits per heavy atom. The first-order valence-electron chi connectivity index (χ1n) is 12.4. The van der Waals surface area contributed by atoms with E-state index in [4.69, 9.17) is 9.72 Å². The molecule has 0 N–H and O–H groups in total. The number of piperazine rings is 1. The maximum absolute atomic E-state index is 13.1. The first-order chi connectivity index (χ1) is 17.8. The number of benzene rings is 2. The number of alkyl halides is 3. The number of anilines is 2. The Balaban J connectivity index is 1.15. The fourth-order valence-electron chi connectivity index (χ4n) is 4.97. The molecule has 2 aliphatic rings. The van der Waals surface area contributed by atoms with Gasteiger partial charge in [-0.1, -0.05) is 12.1 Å². The monoisotopic (exact) mass is 530 g/mol. The van der Waals surface area contributed by atoms with Crippen LogP contribution in [-0.4, -0.2) is 62.2 Å². The normalized spacial score (nSPS) is 17.2. The molecule has 196 valence electrons. The van der Waals surface area contributed by atoms with Crippen LogP contribution in [0.1, 0.15) is 39.8 Å². The third-order valence-electron chi connectivity index (χ3n) is 7.11. The predicted octanol–water partition coefficient (Wildman–Crippen LogP) is 5.52. The molecule has 3 aromatic rings. The molecular formula is C27H29F3N4O2S. The van der Waals surface area contributed by atoms with Crippen molar-refractivity contribution in [2.75, 3.05) is 56.2 Å². The maximum atomic E-state index is 13.1. The molecule has 6 nitrogen and oxygen atoms in total. The van der Waals surface area contributed by atoms with Crippen molar-refractivity contribution in [3.05, 3.63) is 70.2 Å². The number of halogens is 3. The first-order valence-corrected chi connectivity index (χ1v) is 13.3. The van der Waals surface area contributed by atoms with Crippen molar-refractivity contribution in [2.45, 2.75) is 24.9 Å². The van der Waals surface area contributed by atoms with Crippen LogP contribution in [0.15, 0.2) is 53.9 Å². The minimum absolute atomic E-state index is 0.111. The molecular weight excluding hydrogens is 501 g/mol. The minimum atomic E-state index is -4.37. The van der Waals surface area contributed by atoms with Crippen molar-refractivity contribution in [1.29, 1.82) is 0 Å². The molecule has 1 amide bonds. The number of carbonyl (C=O) groups excluding carboxylic acids is 1. The van der Waals surface area contributed by atoms with Gasteiger partial charge in [0, 0.05) is 68.0 Å². The fraction of sp³-hybridized carbons (Fsp3) is 0.407. The summed E-state index contributed by atoms with van der Waals surface area (Å²) >= 11 is 1.54. The van der Waals surface area contributed by atoms with E-state index in [2.05, 4.69) is 11.0 Å². The number of carbonyl (C=O) groups is 1. The molecule has 0 atom stereocenters. The highest BCUT2D eigenvalue weighted by atomic mass is 32.1. The van der Waals surface area contributed by atoms with Gasteiger partial charge < -0.3 is 19.4 Å². The highest BCUT2D eigenvalue weighted by Gasteiger charge is 2.32. The summed E-state index contributed by atoms with van der Waals surface area (Å²) in [6.07, 6.45) is -2.44. The highest BCUT2D eigenvalue weighted by Crippen LogP contribution is 2.34. The van der Waals surface area contributed by atoms with Crippen molar-refractivity contribution >= 4 is 28.6 Å². The van der Waals surface area contributed by atoms with Gasteiger partial charge in [0.1, 0.15) is 11.4 Å². The molecule has 0 unspecified atom stereocenters. The lowest BCUT2D eigenvalue weighted by molar-refractivity contribution is -0.137. The Morgan fingerprint density at radius 3 is 2.27 bits per heavy atom. The number of piperidine rings is 1. The van der Waals surface area contributed by atoms with Crippen LogP contribution < -0.4 is 14.5 Å². The van der Waals surface area contributed by atoms with Crippen LogP contribution in [-0.2, 0) is 6.18 Å². The third kappa shape index (κ3) is 5.69. The molecule has 0 saturated carbocycles. The Hall–Kier alpha value is -3.27. The number of hydrogen-bond acceptors (Lipinski definition) is 6. The summed E-state index contributed by atoms with van der Waals surface area (Å²) in [5, 5.41) is 2.84. The Kier molecular flexibility index (Phi) is 7.28. The molecule has 2 fully saturated rings. The molecule has 3 heterocycles. The zero-order valence-corrected chi connectivity index (χ0v) is 21.4. The van der Waals surface area contributed by atoms with Crippen LogP contribution in [0.2, 0.25) is 0 Å². The van der Waals surface area contributed by atoms with E-state index in [9.17, 15) is 18.0 Å². The molecule has 5 rings (SSSR count). The van der Waals surface area contributed by atoms with E-state index in [1.54, 1.807) is 18.1 Å². The van der Waals surface area contributed by atoms with E-state index >= 15 is 0 Å². The lowest BCUT2D eigenvalue weighted by atomic mass is 9.97. The van der Waals surface area contributed by atoms with Crippen LogP contribution in [0.4, 0.5) is 24.5 Å². The largest absolute Gasteiger partial charge is 0.497 e. The number of thiazole rings is 1. The molecule has 0 bridgehead atoms. The summed E-state index contributed by atoms with van der Waals surface area (Å²) in [6.45, 7) is 3.68. The van der Waals surface area contributed by atoms with Gasteiger partial charge in [0.05, 0.1) is 17.7 Å². The first kappa shape index (κ1) is 25.4. The van der Waals surface area contributed by atoms with Crippen molar-refractivity contribution in [1.82, 2.24) is 9.88 Å². The number of hydrogen-bond donors (Lipinski definition) is 0. The molecule has 0 aliphatic carbocycles. The molecule has 0 radical (unpaired) electrons. The third-order valence-corrected chi connectivity index (χ3v) is 8.12. The van der Waals surface area contributed by atoms with E-state index < -0.39 is 11.7 Å². The number of aromatic nitrogens is 1. The molecule has 2 aliphatic heterocycles. The van der Waals surface area contributed by atoms with Crippen molar-refractivity contribution in [3.8, 4) is 5.75 Å². The number of nitrogens with zero attached hydrogens (tertiary/aromatic N) is 4. The van der Waals surface area contributed by atoms with E-state index in [-0.39, 0.29) is 5.91 Å². The molecule has 37 heavy (non-hydrogen) atoms. The molecule has 2 saturated heterocycles. The number of methoxy groups -OCH3 is 1. The van der Waals surface area contributed by atoms with Gasteiger partial charge in [-0.3, -0.25) is 4.79 Å². The summed E-state index contributed by atoms with van der Waals surface area (Å²) in [7, 11) is 1.67. The van der Waals surface area contributed by atoms with Crippen LogP contribution >= 0.6 is 11.3 Å². The van der Waals surface area contributed by atoms with Crippen LogP contribution in [0.25, 0.3) is 0 Å². The zero-order valence-electron chi connectivity index (χ0n) is 20.6. The van der Waals surface area contributed by atoms with E-state index in [0.717, 1.165) is 48.4 Å². The SMILES string of the molecule is COc1cccc(N2CCC(c3nc(C(=O)N4CCN(c5cccc(C(F)(F)F)c5)CC4)cs3)CC2)c1. The second-order valence-electron chi connectivity index (χ2n) is 9.36. The van der Waals surface area contributed by atoms with Crippen LogP contribution in [0, 0.1) is 0 Å². The average Bonchev–Trinajstić information content (AvgIpc) is 3.43. The number of amides is 1. The number of rotatable bonds is 5. The minimum Gasteiger partial charge on any atom is -0.497 e. The quantitative estimate of drug-likeness (QED) is 0.435. The van der Waals surface area contributed by atoms with Gasteiger partial charge in [0.15, 0.2) is 0 Å². The standard InChI is InChI=1S/C27H29F3N4O2S/c1-36-23-7-3-6-22(17-23)32-10-8-19(9-11-32)25-31-24(18-37-25)26(35)34-14-12-33(13-15-34)21-5-2-4-20(16-21)27(28,29)30/h2-7,16-19H,8-15H2,1H3. The van der Waals surface area contributed by atoms with Crippen LogP contribution in [0.5, 0.6) is 5.75 Å². The van der Waals surface area contributed by atoms with Crippen molar-refractivity contribution in [2.24, 2.45) is 0 Å². The predicted molar refractivity (Wildman–Crippen MR) is 139 cm³/mol. The Labute approximate surface area is 218 Å². The lowest BCUT2D eigenvalue weighted by Gasteiger charge is -2.36. The van der Waals surface area contributed by atoms with Gasteiger partial charge in [-0.25, -0.2) is 4.98 Å². The lowest BCUT2D eigenvalue weighted by Crippen LogP contribution is -2.49. The highest BCUT2D eigenvalue weighted by molar-refractivity contribution is 7.09. The summed E-state index contributed by atoms with van der Waals surface area (Å²) in [6, 6.07) is 13.4. The van der Waals surface area contributed by atoms with Gasteiger partial charge >= 0.3 is 6.18 Å². The second-order valence-corrected chi connectivity index (χ2v) is 10.3. The maximum Gasteiger partial charge on any atom is 0.416 e. The second kappa shape index (κ2) is 10.6. The van der Waals surface area contributed by atoms with E-state index in [1.807, 2.05) is 28.5 Å². The van der Waals surface area contributed by atoms with Crippen LogP contribution in [0.3, 0.4) is 0 Å². The molecule has 10 heteroatoms. The van der Waals surface area contributed by atoms with Gasteiger partial charge in [-0.05, 0) is 43.2 Å². The topological polar surface area (TPSA) is 48.9 Å². The Morgan fingerprint density at radius 2 is 1.59 bits per heavy atom. The number of ether oxygens (including phenoxy) is 1. The molecule has 2 aromatic carbocycles.